The largest absolute Gasteiger partial charge is 0.345 e. The highest BCUT2D eigenvalue weighted by Gasteiger charge is 2.01. The predicted octanol–water partition coefficient (Wildman–Crippen LogP) is 2.96. The number of rotatable bonds is 3. The number of carbonyl (C=O) groups is 1. The molecule has 0 radical (unpaired) electrons. The lowest BCUT2D eigenvalue weighted by atomic mass is 10.1. The van der Waals surface area contributed by atoms with Crippen molar-refractivity contribution in [2.45, 2.75) is 0 Å². The van der Waals surface area contributed by atoms with Gasteiger partial charge in [0.1, 0.15) is 5.82 Å². The molecule has 16 heavy (non-hydrogen) atoms. The lowest BCUT2D eigenvalue weighted by Gasteiger charge is -1.95. The summed E-state index contributed by atoms with van der Waals surface area (Å²) >= 11 is 5.79. The number of halogens is 1. The molecule has 1 heterocycles. The van der Waals surface area contributed by atoms with Crippen LogP contribution in [-0.4, -0.2) is 15.8 Å². The summed E-state index contributed by atoms with van der Waals surface area (Å²) in [5.74, 6) is 0.550. The molecule has 80 valence electrons. The first-order chi connectivity index (χ1) is 7.75. The molecule has 0 amide bonds. The van der Waals surface area contributed by atoms with Crippen molar-refractivity contribution in [3.05, 3.63) is 59.1 Å². The van der Waals surface area contributed by atoms with Crippen molar-refractivity contribution in [1.82, 2.24) is 9.97 Å². The molecule has 0 spiro atoms. The first kappa shape index (κ1) is 10.6. The SMILES string of the molecule is O=C(C=Cc1ncc[nH]1)c1cccc(Cl)c1. The van der Waals surface area contributed by atoms with E-state index in [2.05, 4.69) is 9.97 Å². The van der Waals surface area contributed by atoms with E-state index in [0.29, 0.717) is 16.4 Å². The molecule has 0 aliphatic rings. The highest BCUT2D eigenvalue weighted by atomic mass is 35.5. The Morgan fingerprint density at radius 3 is 3.00 bits per heavy atom. The van der Waals surface area contributed by atoms with Crippen molar-refractivity contribution >= 4 is 23.5 Å². The second-order valence-corrected chi connectivity index (χ2v) is 3.62. The molecule has 1 aromatic carbocycles. The number of hydrogen-bond acceptors (Lipinski definition) is 2. The van der Waals surface area contributed by atoms with Crippen molar-refractivity contribution in [3.8, 4) is 0 Å². The Labute approximate surface area is 97.8 Å². The third kappa shape index (κ3) is 2.58. The fourth-order valence-electron chi connectivity index (χ4n) is 1.26. The third-order valence-electron chi connectivity index (χ3n) is 2.02. The highest BCUT2D eigenvalue weighted by molar-refractivity contribution is 6.31. The normalized spacial score (nSPS) is 10.8. The second kappa shape index (κ2) is 4.77. The van der Waals surface area contributed by atoms with Crippen molar-refractivity contribution in [3.63, 3.8) is 0 Å². The third-order valence-corrected chi connectivity index (χ3v) is 2.26. The summed E-state index contributed by atoms with van der Waals surface area (Å²) in [6, 6.07) is 6.84. The molecule has 1 N–H and O–H groups in total. The van der Waals surface area contributed by atoms with Crippen molar-refractivity contribution in [1.29, 1.82) is 0 Å². The molecule has 0 fully saturated rings. The number of nitrogens with one attached hydrogen (secondary N) is 1. The van der Waals surface area contributed by atoms with Gasteiger partial charge < -0.3 is 4.98 Å². The maximum Gasteiger partial charge on any atom is 0.186 e. The second-order valence-electron chi connectivity index (χ2n) is 3.18. The van der Waals surface area contributed by atoms with E-state index >= 15 is 0 Å². The van der Waals surface area contributed by atoms with Gasteiger partial charge in [0.2, 0.25) is 0 Å². The van der Waals surface area contributed by atoms with Gasteiger partial charge in [0, 0.05) is 23.0 Å². The van der Waals surface area contributed by atoms with Crippen LogP contribution >= 0.6 is 11.6 Å². The van der Waals surface area contributed by atoms with Gasteiger partial charge in [-0.15, -0.1) is 0 Å². The summed E-state index contributed by atoms with van der Waals surface area (Å²) < 4.78 is 0. The Kier molecular flexibility index (Phi) is 3.17. The minimum Gasteiger partial charge on any atom is -0.345 e. The van der Waals surface area contributed by atoms with Crippen molar-refractivity contribution in [2.24, 2.45) is 0 Å². The minimum atomic E-state index is -0.0982. The number of ketones is 1. The first-order valence-electron chi connectivity index (χ1n) is 4.73. The molecular formula is C12H9ClN2O. The predicted molar refractivity (Wildman–Crippen MR) is 63.4 cm³/mol. The molecule has 4 heteroatoms. The zero-order valence-corrected chi connectivity index (χ0v) is 9.11. The molecule has 0 saturated carbocycles. The zero-order valence-electron chi connectivity index (χ0n) is 8.35. The maximum absolute atomic E-state index is 11.7. The summed E-state index contributed by atoms with van der Waals surface area (Å²) in [5, 5.41) is 0.553. The smallest absolute Gasteiger partial charge is 0.186 e. The number of nitrogens with zero attached hydrogens (tertiary/aromatic N) is 1. The van der Waals surface area contributed by atoms with Crippen LogP contribution in [0, 0.1) is 0 Å². The monoisotopic (exact) mass is 232 g/mol. The Balaban J connectivity index is 2.15. The van der Waals surface area contributed by atoms with Gasteiger partial charge in [0.05, 0.1) is 0 Å². The first-order valence-corrected chi connectivity index (χ1v) is 5.11. The van der Waals surface area contributed by atoms with Crippen LogP contribution in [0.4, 0.5) is 0 Å². The number of H-pyrrole nitrogens is 1. The van der Waals surface area contributed by atoms with Crippen LogP contribution in [0.1, 0.15) is 16.2 Å². The molecule has 0 atom stereocenters. The van der Waals surface area contributed by atoms with E-state index in [9.17, 15) is 4.79 Å². The molecule has 0 aliphatic heterocycles. The van der Waals surface area contributed by atoms with Gasteiger partial charge in [-0.1, -0.05) is 23.7 Å². The summed E-state index contributed by atoms with van der Waals surface area (Å²) in [5.41, 5.74) is 0.565. The standard InChI is InChI=1S/C12H9ClN2O/c13-10-3-1-2-9(8-10)11(16)4-5-12-14-6-7-15-12/h1-8H,(H,14,15). The number of hydrogen-bond donors (Lipinski definition) is 1. The van der Waals surface area contributed by atoms with E-state index < -0.39 is 0 Å². The lowest BCUT2D eigenvalue weighted by molar-refractivity contribution is 0.104. The Morgan fingerprint density at radius 1 is 1.44 bits per heavy atom. The number of allylic oxidation sites excluding steroid dienone is 1. The van der Waals surface area contributed by atoms with Crippen LogP contribution in [0.15, 0.2) is 42.7 Å². The van der Waals surface area contributed by atoms with E-state index in [4.69, 9.17) is 11.6 Å². The van der Waals surface area contributed by atoms with E-state index in [0.717, 1.165) is 0 Å². The minimum absolute atomic E-state index is 0.0982. The van der Waals surface area contributed by atoms with Gasteiger partial charge in [-0.2, -0.15) is 0 Å². The maximum atomic E-state index is 11.7. The number of imidazole rings is 1. The molecule has 0 unspecified atom stereocenters. The lowest BCUT2D eigenvalue weighted by Crippen LogP contribution is -1.93. The summed E-state index contributed by atoms with van der Waals surface area (Å²) in [6.07, 6.45) is 6.42. The topological polar surface area (TPSA) is 45.8 Å². The number of carbonyl (C=O) groups excluding carboxylic acids is 1. The molecular weight excluding hydrogens is 224 g/mol. The van der Waals surface area contributed by atoms with Gasteiger partial charge in [-0.05, 0) is 24.3 Å². The van der Waals surface area contributed by atoms with Gasteiger partial charge in [-0.25, -0.2) is 4.98 Å². The van der Waals surface area contributed by atoms with Crippen LogP contribution < -0.4 is 0 Å². The zero-order chi connectivity index (χ0) is 11.4. The highest BCUT2D eigenvalue weighted by Crippen LogP contribution is 2.11. The molecule has 0 saturated heterocycles. The van der Waals surface area contributed by atoms with Crippen molar-refractivity contribution in [2.75, 3.05) is 0 Å². The molecule has 2 aromatic rings. The van der Waals surface area contributed by atoms with E-state index in [1.165, 1.54) is 6.08 Å². The fourth-order valence-corrected chi connectivity index (χ4v) is 1.45. The Morgan fingerprint density at radius 2 is 2.31 bits per heavy atom. The van der Waals surface area contributed by atoms with Crippen LogP contribution in [0.25, 0.3) is 6.08 Å². The summed E-state index contributed by atoms with van der Waals surface area (Å²) in [6.45, 7) is 0. The Bertz CT molecular complexity index is 518. The fraction of sp³-hybridized carbons (Fsp3) is 0. The van der Waals surface area contributed by atoms with E-state index in [1.54, 1.807) is 42.7 Å². The number of benzene rings is 1. The average Bonchev–Trinajstić information content (AvgIpc) is 2.78. The van der Waals surface area contributed by atoms with Crippen LogP contribution in [0.2, 0.25) is 5.02 Å². The summed E-state index contributed by atoms with van der Waals surface area (Å²) in [7, 11) is 0. The van der Waals surface area contributed by atoms with Crippen molar-refractivity contribution < 1.29 is 4.79 Å². The Hall–Kier alpha value is -1.87. The molecule has 3 nitrogen and oxygen atoms in total. The number of aromatic amines is 1. The van der Waals surface area contributed by atoms with E-state index in [1.807, 2.05) is 0 Å². The van der Waals surface area contributed by atoms with Gasteiger partial charge in [0.25, 0.3) is 0 Å². The number of aromatic nitrogens is 2. The quantitative estimate of drug-likeness (QED) is 0.653. The van der Waals surface area contributed by atoms with Gasteiger partial charge in [0.15, 0.2) is 5.78 Å². The molecule has 0 bridgehead atoms. The van der Waals surface area contributed by atoms with Crippen LogP contribution in [0.5, 0.6) is 0 Å². The average molecular weight is 233 g/mol. The molecule has 1 aromatic heterocycles. The van der Waals surface area contributed by atoms with Gasteiger partial charge >= 0.3 is 0 Å². The van der Waals surface area contributed by atoms with Gasteiger partial charge in [-0.3, -0.25) is 4.79 Å². The molecule has 0 aliphatic carbocycles. The van der Waals surface area contributed by atoms with Crippen LogP contribution in [0.3, 0.4) is 0 Å². The summed E-state index contributed by atoms with van der Waals surface area (Å²) in [4.78, 5) is 18.6. The molecule has 2 rings (SSSR count). The van der Waals surface area contributed by atoms with Crippen LogP contribution in [-0.2, 0) is 0 Å². The van der Waals surface area contributed by atoms with E-state index in [-0.39, 0.29) is 5.78 Å².